The molecule has 8 heteroatoms. The van der Waals surface area contributed by atoms with E-state index in [-0.39, 0.29) is 16.2 Å². The zero-order valence-corrected chi connectivity index (χ0v) is 13.8. The first-order valence-corrected chi connectivity index (χ1v) is 10.6. The minimum atomic E-state index is -3.55. The van der Waals surface area contributed by atoms with Crippen molar-refractivity contribution in [3.63, 3.8) is 0 Å². The van der Waals surface area contributed by atoms with Crippen LogP contribution in [-0.2, 0) is 19.9 Å². The third-order valence-corrected chi connectivity index (χ3v) is 7.21. The number of hydrogen-bond donors (Lipinski definition) is 1. The minimum absolute atomic E-state index is 0.169. The van der Waals surface area contributed by atoms with E-state index in [1.807, 2.05) is 0 Å². The van der Waals surface area contributed by atoms with Gasteiger partial charge in [-0.25, -0.2) is 16.8 Å². The molecule has 0 bridgehead atoms. The van der Waals surface area contributed by atoms with Crippen molar-refractivity contribution >= 4 is 25.7 Å². The van der Waals surface area contributed by atoms with E-state index in [1.54, 1.807) is 24.3 Å². The Labute approximate surface area is 130 Å². The van der Waals surface area contributed by atoms with E-state index in [9.17, 15) is 16.8 Å². The molecule has 1 aliphatic carbocycles. The highest BCUT2D eigenvalue weighted by Crippen LogP contribution is 2.28. The summed E-state index contributed by atoms with van der Waals surface area (Å²) in [7, 11) is -6.63. The number of sulfonamides is 1. The van der Waals surface area contributed by atoms with Crippen LogP contribution >= 0.6 is 0 Å². The molecule has 3 rings (SSSR count). The molecule has 0 spiro atoms. The van der Waals surface area contributed by atoms with Crippen LogP contribution in [0.15, 0.2) is 34.2 Å². The van der Waals surface area contributed by atoms with Gasteiger partial charge in [-0.05, 0) is 31.4 Å². The smallest absolute Gasteiger partial charge is 0.263 e. The standard InChI is InChI=1S/C14H18N2O4S2/c1-21(17,18)11-6-4-5-10(9-11)15-14-12-7-2-3-8-13(12)22(19,20)16-14/h2-3,7-8,10-11H,4-6,9H2,1H3,(H,15,16). The lowest BCUT2D eigenvalue weighted by atomic mass is 9.95. The summed E-state index contributed by atoms with van der Waals surface area (Å²) in [6.45, 7) is 0. The average Bonchev–Trinajstić information content (AvgIpc) is 2.70. The molecule has 22 heavy (non-hydrogen) atoms. The molecule has 2 aliphatic rings. The fraction of sp³-hybridized carbons (Fsp3) is 0.500. The van der Waals surface area contributed by atoms with Crippen molar-refractivity contribution in [3.8, 4) is 0 Å². The molecule has 0 amide bonds. The number of rotatable bonds is 2. The number of benzene rings is 1. The maximum atomic E-state index is 12.0. The summed E-state index contributed by atoms with van der Waals surface area (Å²) < 4.78 is 50.0. The lowest BCUT2D eigenvalue weighted by Gasteiger charge is -2.25. The lowest BCUT2D eigenvalue weighted by molar-refractivity contribution is 0.436. The van der Waals surface area contributed by atoms with Gasteiger partial charge >= 0.3 is 0 Å². The first-order valence-electron chi connectivity index (χ1n) is 7.16. The summed E-state index contributed by atoms with van der Waals surface area (Å²) in [5.74, 6) is 0.328. The van der Waals surface area contributed by atoms with Crippen molar-refractivity contribution in [1.29, 1.82) is 0 Å². The van der Waals surface area contributed by atoms with E-state index in [2.05, 4.69) is 9.71 Å². The van der Waals surface area contributed by atoms with Gasteiger partial charge in [0, 0.05) is 11.8 Å². The number of nitrogens with zero attached hydrogens (tertiary/aromatic N) is 1. The van der Waals surface area contributed by atoms with E-state index in [0.29, 0.717) is 24.2 Å². The summed E-state index contributed by atoms with van der Waals surface area (Å²) in [6, 6.07) is 6.51. The molecule has 120 valence electrons. The van der Waals surface area contributed by atoms with Gasteiger partial charge in [-0.15, -0.1) is 0 Å². The van der Waals surface area contributed by atoms with Crippen LogP contribution < -0.4 is 4.72 Å². The van der Waals surface area contributed by atoms with Gasteiger partial charge < -0.3 is 0 Å². The lowest BCUT2D eigenvalue weighted by Crippen LogP contribution is -2.31. The highest BCUT2D eigenvalue weighted by Gasteiger charge is 2.33. The monoisotopic (exact) mass is 342 g/mol. The van der Waals surface area contributed by atoms with Crippen LogP contribution in [0.4, 0.5) is 0 Å². The minimum Gasteiger partial charge on any atom is -0.264 e. The van der Waals surface area contributed by atoms with Crippen molar-refractivity contribution in [2.45, 2.75) is 41.9 Å². The van der Waals surface area contributed by atoms with Crippen LogP contribution in [0.5, 0.6) is 0 Å². The average molecular weight is 342 g/mol. The van der Waals surface area contributed by atoms with Gasteiger partial charge in [0.15, 0.2) is 0 Å². The first kappa shape index (κ1) is 15.5. The molecular weight excluding hydrogens is 324 g/mol. The Morgan fingerprint density at radius 3 is 2.68 bits per heavy atom. The Balaban J connectivity index is 1.91. The maximum absolute atomic E-state index is 12.0. The zero-order chi connectivity index (χ0) is 16.0. The molecule has 6 nitrogen and oxygen atoms in total. The van der Waals surface area contributed by atoms with Crippen LogP contribution in [0, 0.1) is 0 Å². The fourth-order valence-corrected chi connectivity index (χ4v) is 5.44. The topological polar surface area (TPSA) is 92.7 Å². The molecule has 2 unspecified atom stereocenters. The second-order valence-electron chi connectivity index (χ2n) is 5.85. The van der Waals surface area contributed by atoms with Crippen molar-refractivity contribution in [2.24, 2.45) is 4.99 Å². The molecular formula is C14H18N2O4S2. The molecule has 0 radical (unpaired) electrons. The van der Waals surface area contributed by atoms with E-state index in [1.165, 1.54) is 6.26 Å². The summed E-state index contributed by atoms with van der Waals surface area (Å²) in [5.41, 5.74) is 0.559. The Bertz CT molecular complexity index is 828. The van der Waals surface area contributed by atoms with Crippen LogP contribution in [0.2, 0.25) is 0 Å². The third-order valence-electron chi connectivity index (χ3n) is 4.18. The van der Waals surface area contributed by atoms with Crippen molar-refractivity contribution in [1.82, 2.24) is 4.72 Å². The Morgan fingerprint density at radius 1 is 1.23 bits per heavy atom. The van der Waals surface area contributed by atoms with Crippen LogP contribution in [0.1, 0.15) is 31.2 Å². The van der Waals surface area contributed by atoms with Gasteiger partial charge in [-0.3, -0.25) is 9.71 Å². The van der Waals surface area contributed by atoms with Crippen LogP contribution in [-0.4, -0.2) is 40.2 Å². The van der Waals surface area contributed by atoms with Gasteiger partial charge in [0.25, 0.3) is 10.0 Å². The van der Waals surface area contributed by atoms with E-state index in [0.717, 1.165) is 12.8 Å². The van der Waals surface area contributed by atoms with Crippen LogP contribution in [0.25, 0.3) is 0 Å². The SMILES string of the molecule is CS(=O)(=O)C1CCCC(N=C2NS(=O)(=O)c3ccccc32)C1. The van der Waals surface area contributed by atoms with Gasteiger partial charge in [0.2, 0.25) is 0 Å². The Kier molecular flexibility index (Phi) is 3.76. The van der Waals surface area contributed by atoms with Crippen molar-refractivity contribution in [3.05, 3.63) is 29.8 Å². The number of sulfone groups is 1. The molecule has 1 N–H and O–H groups in total. The number of nitrogens with one attached hydrogen (secondary N) is 1. The molecule has 2 atom stereocenters. The molecule has 1 saturated carbocycles. The second-order valence-corrected chi connectivity index (χ2v) is 9.83. The predicted molar refractivity (Wildman–Crippen MR) is 84.2 cm³/mol. The number of fused-ring (bicyclic) bond motifs is 1. The van der Waals surface area contributed by atoms with Crippen molar-refractivity contribution in [2.75, 3.05) is 6.26 Å². The number of aliphatic imine (C=N–C) groups is 1. The summed E-state index contributed by atoms with van der Waals surface area (Å²) in [5, 5.41) is -0.385. The highest BCUT2D eigenvalue weighted by atomic mass is 32.2. The molecule has 0 aromatic heterocycles. The van der Waals surface area contributed by atoms with Gasteiger partial charge in [0.05, 0.1) is 16.2 Å². The molecule has 1 aromatic rings. The Morgan fingerprint density at radius 2 is 1.95 bits per heavy atom. The van der Waals surface area contributed by atoms with Crippen LogP contribution in [0.3, 0.4) is 0 Å². The van der Waals surface area contributed by atoms with Gasteiger partial charge in [-0.1, -0.05) is 18.6 Å². The highest BCUT2D eigenvalue weighted by molar-refractivity contribution is 7.91. The first-order chi connectivity index (χ1) is 10.3. The number of amidine groups is 1. The second kappa shape index (κ2) is 5.34. The zero-order valence-electron chi connectivity index (χ0n) is 12.2. The predicted octanol–water partition coefficient (Wildman–Crippen LogP) is 1.08. The van der Waals surface area contributed by atoms with E-state index < -0.39 is 19.9 Å². The molecule has 1 aliphatic heterocycles. The van der Waals surface area contributed by atoms with E-state index >= 15 is 0 Å². The maximum Gasteiger partial charge on any atom is 0.263 e. The fourth-order valence-electron chi connectivity index (χ4n) is 3.04. The normalized spacial score (nSPS) is 29.0. The third kappa shape index (κ3) is 2.89. The summed E-state index contributed by atoms with van der Waals surface area (Å²) in [4.78, 5) is 4.72. The summed E-state index contributed by atoms with van der Waals surface area (Å²) in [6.07, 6.45) is 3.92. The largest absolute Gasteiger partial charge is 0.264 e. The van der Waals surface area contributed by atoms with E-state index in [4.69, 9.17) is 0 Å². The molecule has 1 fully saturated rings. The summed E-state index contributed by atoms with van der Waals surface area (Å²) >= 11 is 0. The molecule has 1 heterocycles. The molecule has 1 aromatic carbocycles. The van der Waals surface area contributed by atoms with Gasteiger partial charge in [-0.2, -0.15) is 0 Å². The molecule has 0 saturated heterocycles. The Hall–Kier alpha value is -1.41. The number of hydrogen-bond acceptors (Lipinski definition) is 5. The van der Waals surface area contributed by atoms with Gasteiger partial charge in [0.1, 0.15) is 15.7 Å². The quantitative estimate of drug-likeness (QED) is 0.870. The van der Waals surface area contributed by atoms with Crippen molar-refractivity contribution < 1.29 is 16.8 Å².